The molecule has 0 heterocycles. The SMILES string of the molecule is C#CCCC(N)c1ccc(I)c(Cl)c1. The number of terminal acetylenes is 1. The van der Waals surface area contributed by atoms with Crippen LogP contribution in [0.3, 0.4) is 0 Å². The van der Waals surface area contributed by atoms with Crippen molar-refractivity contribution in [2.24, 2.45) is 5.73 Å². The third kappa shape index (κ3) is 3.16. The Labute approximate surface area is 103 Å². The summed E-state index contributed by atoms with van der Waals surface area (Å²) in [6.45, 7) is 0. The Balaban J connectivity index is 2.76. The molecule has 0 aliphatic rings. The maximum atomic E-state index is 5.99. The molecule has 0 saturated heterocycles. The minimum atomic E-state index is -0.0134. The van der Waals surface area contributed by atoms with Crippen LogP contribution in [0.4, 0.5) is 0 Å². The fourth-order valence-corrected chi connectivity index (χ4v) is 1.67. The second kappa shape index (κ2) is 5.59. The molecule has 0 fully saturated rings. The van der Waals surface area contributed by atoms with E-state index in [1.54, 1.807) is 0 Å². The molecule has 1 rings (SSSR count). The van der Waals surface area contributed by atoms with Gasteiger partial charge in [0.15, 0.2) is 0 Å². The maximum absolute atomic E-state index is 5.99. The van der Waals surface area contributed by atoms with E-state index >= 15 is 0 Å². The minimum absolute atomic E-state index is 0.0134. The molecule has 0 aliphatic carbocycles. The van der Waals surface area contributed by atoms with Crippen LogP contribution >= 0.6 is 34.2 Å². The van der Waals surface area contributed by atoms with Crippen LogP contribution in [0, 0.1) is 15.9 Å². The van der Waals surface area contributed by atoms with E-state index in [2.05, 4.69) is 28.5 Å². The number of rotatable bonds is 3. The predicted octanol–water partition coefficient (Wildman–Crippen LogP) is 3.36. The van der Waals surface area contributed by atoms with Crippen molar-refractivity contribution in [2.75, 3.05) is 0 Å². The Bertz CT molecular complexity index is 357. The van der Waals surface area contributed by atoms with Gasteiger partial charge >= 0.3 is 0 Å². The van der Waals surface area contributed by atoms with Crippen molar-refractivity contribution in [3.63, 3.8) is 0 Å². The standard InChI is InChI=1S/C11H11ClIN/c1-2-3-4-11(14)8-5-6-10(13)9(12)7-8/h1,5-7,11H,3-4,14H2. The molecule has 1 unspecified atom stereocenters. The van der Waals surface area contributed by atoms with Gasteiger partial charge in [-0.25, -0.2) is 0 Å². The number of nitrogens with two attached hydrogens (primary N) is 1. The third-order valence-corrected chi connectivity index (χ3v) is 3.54. The first kappa shape index (κ1) is 11.8. The summed E-state index contributed by atoms with van der Waals surface area (Å²) in [5.41, 5.74) is 6.99. The van der Waals surface area contributed by atoms with Crippen LogP contribution in [0.15, 0.2) is 18.2 Å². The number of hydrogen-bond donors (Lipinski definition) is 1. The quantitative estimate of drug-likeness (QED) is 0.671. The number of benzene rings is 1. The average molecular weight is 320 g/mol. The molecule has 0 radical (unpaired) electrons. The van der Waals surface area contributed by atoms with Crippen molar-refractivity contribution in [1.82, 2.24) is 0 Å². The Kier molecular flexibility index (Phi) is 4.73. The largest absolute Gasteiger partial charge is 0.324 e. The molecule has 1 aromatic carbocycles. The smallest absolute Gasteiger partial charge is 0.0542 e. The molecule has 3 heteroatoms. The number of hydrogen-bond acceptors (Lipinski definition) is 1. The van der Waals surface area contributed by atoms with Gasteiger partial charge in [-0.15, -0.1) is 12.3 Å². The van der Waals surface area contributed by atoms with E-state index in [0.29, 0.717) is 6.42 Å². The molecule has 0 aromatic heterocycles. The molecule has 14 heavy (non-hydrogen) atoms. The van der Waals surface area contributed by atoms with Gasteiger partial charge in [-0.05, 0) is 46.7 Å². The molecule has 0 spiro atoms. The molecule has 0 saturated carbocycles. The molecule has 74 valence electrons. The zero-order valence-corrected chi connectivity index (χ0v) is 10.5. The zero-order chi connectivity index (χ0) is 10.6. The lowest BCUT2D eigenvalue weighted by Crippen LogP contribution is -2.09. The Hall–Kier alpha value is -0.240. The summed E-state index contributed by atoms with van der Waals surface area (Å²) in [6, 6.07) is 5.85. The summed E-state index contributed by atoms with van der Waals surface area (Å²) in [6.07, 6.45) is 6.67. The van der Waals surface area contributed by atoms with Gasteiger partial charge in [0.1, 0.15) is 0 Å². The van der Waals surface area contributed by atoms with Gasteiger partial charge in [0, 0.05) is 16.0 Å². The monoisotopic (exact) mass is 319 g/mol. The minimum Gasteiger partial charge on any atom is -0.324 e. The van der Waals surface area contributed by atoms with E-state index < -0.39 is 0 Å². The summed E-state index contributed by atoms with van der Waals surface area (Å²) in [5, 5.41) is 0.749. The second-order valence-electron chi connectivity index (χ2n) is 3.02. The molecular formula is C11H11ClIN. The summed E-state index contributed by atoms with van der Waals surface area (Å²) < 4.78 is 1.04. The van der Waals surface area contributed by atoms with Crippen molar-refractivity contribution >= 4 is 34.2 Å². The molecule has 1 nitrogen and oxygen atoms in total. The second-order valence-corrected chi connectivity index (χ2v) is 4.59. The van der Waals surface area contributed by atoms with E-state index in [4.69, 9.17) is 23.8 Å². The molecule has 1 atom stereocenters. The van der Waals surface area contributed by atoms with Gasteiger partial charge in [0.25, 0.3) is 0 Å². The Morgan fingerprint density at radius 2 is 2.29 bits per heavy atom. The molecular weight excluding hydrogens is 308 g/mol. The maximum Gasteiger partial charge on any atom is 0.0542 e. The fourth-order valence-electron chi connectivity index (χ4n) is 1.15. The van der Waals surface area contributed by atoms with Crippen LogP contribution in [0.2, 0.25) is 5.02 Å². The van der Waals surface area contributed by atoms with Crippen molar-refractivity contribution < 1.29 is 0 Å². The van der Waals surface area contributed by atoms with Crippen LogP contribution in [0.1, 0.15) is 24.4 Å². The molecule has 0 bridgehead atoms. The van der Waals surface area contributed by atoms with Crippen LogP contribution in [-0.2, 0) is 0 Å². The van der Waals surface area contributed by atoms with Gasteiger partial charge in [-0.1, -0.05) is 17.7 Å². The predicted molar refractivity (Wildman–Crippen MR) is 69.2 cm³/mol. The summed E-state index contributed by atoms with van der Waals surface area (Å²) in [7, 11) is 0. The molecule has 0 aliphatic heterocycles. The van der Waals surface area contributed by atoms with Crippen LogP contribution in [0.25, 0.3) is 0 Å². The third-order valence-electron chi connectivity index (χ3n) is 1.97. The highest BCUT2D eigenvalue weighted by atomic mass is 127. The van der Waals surface area contributed by atoms with Crippen molar-refractivity contribution in [1.29, 1.82) is 0 Å². The van der Waals surface area contributed by atoms with Gasteiger partial charge in [-0.3, -0.25) is 0 Å². The average Bonchev–Trinajstić information content (AvgIpc) is 2.18. The lowest BCUT2D eigenvalue weighted by atomic mass is 10.0. The highest BCUT2D eigenvalue weighted by molar-refractivity contribution is 14.1. The van der Waals surface area contributed by atoms with Crippen molar-refractivity contribution in [2.45, 2.75) is 18.9 Å². The highest BCUT2D eigenvalue weighted by Gasteiger charge is 2.06. The lowest BCUT2D eigenvalue weighted by Gasteiger charge is -2.10. The van der Waals surface area contributed by atoms with Crippen molar-refractivity contribution in [3.8, 4) is 12.3 Å². The van der Waals surface area contributed by atoms with Gasteiger partial charge in [0.2, 0.25) is 0 Å². The van der Waals surface area contributed by atoms with Crippen LogP contribution in [-0.4, -0.2) is 0 Å². The van der Waals surface area contributed by atoms with E-state index in [1.807, 2.05) is 18.2 Å². The van der Waals surface area contributed by atoms with Gasteiger partial charge < -0.3 is 5.73 Å². The zero-order valence-electron chi connectivity index (χ0n) is 7.63. The van der Waals surface area contributed by atoms with Crippen LogP contribution < -0.4 is 5.73 Å². The van der Waals surface area contributed by atoms with E-state index in [-0.39, 0.29) is 6.04 Å². The van der Waals surface area contributed by atoms with Crippen molar-refractivity contribution in [3.05, 3.63) is 32.4 Å². The molecule has 0 amide bonds. The van der Waals surface area contributed by atoms with E-state index in [1.165, 1.54) is 0 Å². The Morgan fingerprint density at radius 1 is 1.57 bits per heavy atom. The topological polar surface area (TPSA) is 26.0 Å². The van der Waals surface area contributed by atoms with E-state index in [9.17, 15) is 0 Å². The fraction of sp³-hybridized carbons (Fsp3) is 0.273. The number of halogens is 2. The highest BCUT2D eigenvalue weighted by Crippen LogP contribution is 2.24. The molecule has 2 N–H and O–H groups in total. The summed E-state index contributed by atoms with van der Waals surface area (Å²) >= 11 is 8.18. The summed E-state index contributed by atoms with van der Waals surface area (Å²) in [4.78, 5) is 0. The lowest BCUT2D eigenvalue weighted by molar-refractivity contribution is 0.668. The molecule has 1 aromatic rings. The first-order valence-corrected chi connectivity index (χ1v) is 5.75. The van der Waals surface area contributed by atoms with Gasteiger partial charge in [0.05, 0.1) is 5.02 Å². The Morgan fingerprint density at radius 3 is 2.86 bits per heavy atom. The van der Waals surface area contributed by atoms with Gasteiger partial charge in [-0.2, -0.15) is 0 Å². The first-order chi connectivity index (χ1) is 6.65. The summed E-state index contributed by atoms with van der Waals surface area (Å²) in [5.74, 6) is 2.58. The normalized spacial score (nSPS) is 12.1. The first-order valence-electron chi connectivity index (χ1n) is 4.29. The van der Waals surface area contributed by atoms with E-state index in [0.717, 1.165) is 20.6 Å². The van der Waals surface area contributed by atoms with Crippen LogP contribution in [0.5, 0.6) is 0 Å².